The zero-order valence-corrected chi connectivity index (χ0v) is 14.2. The van der Waals surface area contributed by atoms with Gasteiger partial charge in [0, 0.05) is 19.2 Å². The Kier molecular flexibility index (Phi) is 3.79. The molecule has 0 fully saturated rings. The average Bonchev–Trinajstić information content (AvgIpc) is 3.24. The first-order chi connectivity index (χ1) is 12.2. The van der Waals surface area contributed by atoms with Crippen molar-refractivity contribution in [3.63, 3.8) is 0 Å². The lowest BCUT2D eigenvalue weighted by Gasteiger charge is -2.27. The molecule has 0 unspecified atom stereocenters. The molecule has 2 aromatic heterocycles. The minimum Gasteiger partial charge on any atom is -0.497 e. The lowest BCUT2D eigenvalue weighted by molar-refractivity contribution is 0.181. The van der Waals surface area contributed by atoms with E-state index in [1.54, 1.807) is 12.0 Å². The van der Waals surface area contributed by atoms with Gasteiger partial charge in [0.2, 0.25) is 0 Å². The third-order valence-electron chi connectivity index (χ3n) is 4.34. The molecule has 0 spiro atoms. The molecule has 1 aliphatic rings. The first-order valence-electron chi connectivity index (χ1n) is 8.31. The van der Waals surface area contributed by atoms with Crippen LogP contribution in [0.3, 0.4) is 0 Å². The summed E-state index contributed by atoms with van der Waals surface area (Å²) in [6.45, 7) is 4.42. The summed E-state index contributed by atoms with van der Waals surface area (Å²) in [6.07, 6.45) is 0. The molecular formula is C17H20N6O2. The highest BCUT2D eigenvalue weighted by atomic mass is 16.5. The maximum Gasteiger partial charge on any atom is 0.317 e. The van der Waals surface area contributed by atoms with Gasteiger partial charge in [-0.15, -0.1) is 0 Å². The van der Waals surface area contributed by atoms with E-state index in [2.05, 4.69) is 20.4 Å². The lowest BCUT2D eigenvalue weighted by atomic mass is 10.3. The van der Waals surface area contributed by atoms with E-state index in [4.69, 9.17) is 4.74 Å². The number of methoxy groups -OCH3 is 1. The second-order valence-electron chi connectivity index (χ2n) is 5.97. The smallest absolute Gasteiger partial charge is 0.317 e. The minimum atomic E-state index is -0.0349. The van der Waals surface area contributed by atoms with Crippen LogP contribution in [0.4, 0.5) is 4.79 Å². The Morgan fingerprint density at radius 2 is 2.24 bits per heavy atom. The maximum atomic E-state index is 12.0. The fraction of sp³-hybridized carbons (Fsp3) is 0.353. The van der Waals surface area contributed by atoms with E-state index in [-0.39, 0.29) is 6.03 Å². The number of ether oxygens (including phenoxy) is 1. The summed E-state index contributed by atoms with van der Waals surface area (Å²) in [5.74, 6) is 1.50. The van der Waals surface area contributed by atoms with Gasteiger partial charge in [-0.2, -0.15) is 5.10 Å². The van der Waals surface area contributed by atoms with Crippen LogP contribution in [-0.4, -0.2) is 50.9 Å². The molecule has 1 aliphatic heterocycles. The minimum absolute atomic E-state index is 0.0349. The van der Waals surface area contributed by atoms with Crippen LogP contribution in [-0.2, 0) is 13.1 Å². The molecule has 0 radical (unpaired) electrons. The van der Waals surface area contributed by atoms with Gasteiger partial charge < -0.3 is 19.9 Å². The topological polar surface area (TPSA) is 88.1 Å². The van der Waals surface area contributed by atoms with Gasteiger partial charge in [-0.3, -0.25) is 4.68 Å². The van der Waals surface area contributed by atoms with Gasteiger partial charge in [-0.05, 0) is 25.1 Å². The van der Waals surface area contributed by atoms with Gasteiger partial charge in [-0.25, -0.2) is 9.78 Å². The van der Waals surface area contributed by atoms with Gasteiger partial charge in [0.1, 0.15) is 11.4 Å². The molecule has 2 N–H and O–H groups in total. The van der Waals surface area contributed by atoms with Gasteiger partial charge in [-0.1, -0.05) is 0 Å². The molecule has 0 aliphatic carbocycles. The summed E-state index contributed by atoms with van der Waals surface area (Å²) >= 11 is 0. The number of nitrogens with zero attached hydrogens (tertiary/aromatic N) is 4. The van der Waals surface area contributed by atoms with Crippen molar-refractivity contribution in [2.75, 3.05) is 20.2 Å². The number of urea groups is 1. The first kappa shape index (κ1) is 15.5. The van der Waals surface area contributed by atoms with Gasteiger partial charge >= 0.3 is 6.03 Å². The molecule has 8 nitrogen and oxygen atoms in total. The predicted molar refractivity (Wildman–Crippen MR) is 93.3 cm³/mol. The molecule has 0 saturated carbocycles. The Hall–Kier alpha value is -3.03. The van der Waals surface area contributed by atoms with Crippen LogP contribution in [0.25, 0.3) is 22.6 Å². The number of fused-ring (bicyclic) bond motifs is 2. The normalized spacial score (nSPS) is 13.8. The Bertz CT molecular complexity index is 929. The van der Waals surface area contributed by atoms with Crippen molar-refractivity contribution in [2.24, 2.45) is 0 Å². The quantitative estimate of drug-likeness (QED) is 0.763. The third-order valence-corrected chi connectivity index (χ3v) is 4.34. The van der Waals surface area contributed by atoms with Crippen molar-refractivity contribution >= 4 is 17.1 Å². The number of benzene rings is 1. The van der Waals surface area contributed by atoms with Gasteiger partial charge in [0.05, 0.1) is 36.9 Å². The van der Waals surface area contributed by atoms with E-state index in [0.29, 0.717) is 26.2 Å². The number of hydrogen-bond donors (Lipinski definition) is 2. The van der Waals surface area contributed by atoms with E-state index in [1.807, 2.05) is 35.9 Å². The van der Waals surface area contributed by atoms with Crippen molar-refractivity contribution < 1.29 is 9.53 Å². The van der Waals surface area contributed by atoms with Crippen LogP contribution in [0.2, 0.25) is 0 Å². The van der Waals surface area contributed by atoms with E-state index in [0.717, 1.165) is 34.0 Å². The highest BCUT2D eigenvalue weighted by Gasteiger charge is 2.23. The van der Waals surface area contributed by atoms with Crippen molar-refractivity contribution in [1.29, 1.82) is 0 Å². The summed E-state index contributed by atoms with van der Waals surface area (Å²) in [6, 6.07) is 7.67. The number of hydrogen-bond acceptors (Lipinski definition) is 4. The molecule has 8 heteroatoms. The monoisotopic (exact) mass is 340 g/mol. The molecule has 25 heavy (non-hydrogen) atoms. The predicted octanol–water partition coefficient (Wildman–Crippen LogP) is 1.98. The fourth-order valence-corrected chi connectivity index (χ4v) is 3.06. The number of aromatic amines is 1. The number of rotatable bonds is 3. The van der Waals surface area contributed by atoms with Crippen molar-refractivity contribution in [3.8, 4) is 17.3 Å². The van der Waals surface area contributed by atoms with Crippen LogP contribution in [0, 0.1) is 0 Å². The summed E-state index contributed by atoms with van der Waals surface area (Å²) < 4.78 is 7.19. The van der Waals surface area contributed by atoms with Gasteiger partial charge in [0.15, 0.2) is 5.82 Å². The zero-order chi connectivity index (χ0) is 17.4. The number of amides is 2. The summed E-state index contributed by atoms with van der Waals surface area (Å²) in [4.78, 5) is 21.7. The number of aromatic nitrogens is 4. The second kappa shape index (κ2) is 6.12. The number of H-pyrrole nitrogens is 1. The van der Waals surface area contributed by atoms with Crippen LogP contribution < -0.4 is 10.1 Å². The van der Waals surface area contributed by atoms with Crippen LogP contribution in [0.1, 0.15) is 12.6 Å². The van der Waals surface area contributed by atoms with Crippen molar-refractivity contribution in [2.45, 2.75) is 20.0 Å². The Labute approximate surface area is 144 Å². The molecule has 0 saturated heterocycles. The maximum absolute atomic E-state index is 12.0. The molecule has 4 rings (SSSR count). The molecule has 0 bridgehead atoms. The third kappa shape index (κ3) is 2.79. The van der Waals surface area contributed by atoms with E-state index in [1.165, 1.54) is 0 Å². The van der Waals surface area contributed by atoms with Crippen LogP contribution in [0.15, 0.2) is 24.3 Å². The molecule has 130 valence electrons. The average molecular weight is 340 g/mol. The molecule has 1 aromatic carbocycles. The van der Waals surface area contributed by atoms with E-state index < -0.39 is 0 Å². The SMILES string of the molecule is CCNC(=O)N1CCn2nc(-c3nc4ccc(OC)cc4[nH]3)cc2C1. The fourth-order valence-electron chi connectivity index (χ4n) is 3.06. The van der Waals surface area contributed by atoms with E-state index in [9.17, 15) is 4.79 Å². The second-order valence-corrected chi connectivity index (χ2v) is 5.97. The molecule has 3 aromatic rings. The van der Waals surface area contributed by atoms with Crippen molar-refractivity contribution in [1.82, 2.24) is 30.0 Å². The Balaban J connectivity index is 1.62. The van der Waals surface area contributed by atoms with Crippen LogP contribution in [0.5, 0.6) is 5.75 Å². The van der Waals surface area contributed by atoms with Gasteiger partial charge in [0.25, 0.3) is 0 Å². The Morgan fingerprint density at radius 1 is 1.36 bits per heavy atom. The summed E-state index contributed by atoms with van der Waals surface area (Å²) in [7, 11) is 1.64. The molecular weight excluding hydrogens is 320 g/mol. The summed E-state index contributed by atoms with van der Waals surface area (Å²) in [5.41, 5.74) is 3.56. The van der Waals surface area contributed by atoms with Crippen LogP contribution >= 0.6 is 0 Å². The molecule has 0 atom stereocenters. The largest absolute Gasteiger partial charge is 0.497 e. The van der Waals surface area contributed by atoms with E-state index >= 15 is 0 Å². The lowest BCUT2D eigenvalue weighted by Crippen LogP contribution is -2.44. The Morgan fingerprint density at radius 3 is 3.04 bits per heavy atom. The highest BCUT2D eigenvalue weighted by molar-refractivity contribution is 5.80. The number of carbonyl (C=O) groups excluding carboxylic acids is 1. The number of imidazole rings is 1. The first-order valence-corrected chi connectivity index (χ1v) is 8.31. The highest BCUT2D eigenvalue weighted by Crippen LogP contribution is 2.25. The van der Waals surface area contributed by atoms with Crippen molar-refractivity contribution in [3.05, 3.63) is 30.0 Å². The number of carbonyl (C=O) groups is 1. The standard InChI is InChI=1S/C17H20N6O2/c1-3-18-17(24)22-6-7-23-11(10-22)8-15(21-23)16-19-13-5-4-12(25-2)9-14(13)20-16/h4-5,8-9H,3,6-7,10H2,1-2H3,(H,18,24)(H,19,20). The summed E-state index contributed by atoms with van der Waals surface area (Å²) in [5, 5.41) is 7.47. The molecule has 3 heterocycles. The molecule has 2 amide bonds. The number of nitrogens with one attached hydrogen (secondary N) is 2. The zero-order valence-electron chi connectivity index (χ0n) is 14.2.